The van der Waals surface area contributed by atoms with Crippen LogP contribution in [0.4, 0.5) is 9.18 Å². The highest BCUT2D eigenvalue weighted by atomic mass is 19.1. The molecule has 2 rings (SSSR count). The normalized spacial score (nSPS) is 18.5. The molecular formula is C16H20FNO4. The van der Waals surface area contributed by atoms with Crippen molar-refractivity contribution in [2.24, 2.45) is 0 Å². The molecule has 1 saturated heterocycles. The second kappa shape index (κ2) is 6.34. The van der Waals surface area contributed by atoms with Gasteiger partial charge in [0, 0.05) is 6.42 Å². The van der Waals surface area contributed by atoms with Crippen LogP contribution in [0, 0.1) is 5.82 Å². The van der Waals surface area contributed by atoms with Crippen molar-refractivity contribution < 1.29 is 23.5 Å². The first-order valence-corrected chi connectivity index (χ1v) is 7.20. The average molecular weight is 309 g/mol. The summed E-state index contributed by atoms with van der Waals surface area (Å²) in [7, 11) is 0. The van der Waals surface area contributed by atoms with Crippen LogP contribution in [-0.4, -0.2) is 35.2 Å². The van der Waals surface area contributed by atoms with E-state index in [0.717, 1.165) is 4.90 Å². The molecule has 0 bridgehead atoms. The Hall–Kier alpha value is -2.11. The monoisotopic (exact) mass is 309 g/mol. The lowest BCUT2D eigenvalue weighted by atomic mass is 10.2. The number of imide groups is 1. The van der Waals surface area contributed by atoms with Crippen molar-refractivity contribution in [3.8, 4) is 5.75 Å². The van der Waals surface area contributed by atoms with Gasteiger partial charge in [0.1, 0.15) is 23.8 Å². The summed E-state index contributed by atoms with van der Waals surface area (Å²) in [6, 6.07) is 5.22. The zero-order valence-electron chi connectivity index (χ0n) is 13.0. The van der Waals surface area contributed by atoms with Gasteiger partial charge in [0.25, 0.3) is 0 Å². The van der Waals surface area contributed by atoms with E-state index < -0.39 is 11.7 Å². The highest BCUT2D eigenvalue weighted by Gasteiger charge is 2.38. The Kier molecular flexibility index (Phi) is 4.68. The van der Waals surface area contributed by atoms with Crippen molar-refractivity contribution in [2.75, 3.05) is 6.61 Å². The molecule has 1 atom stereocenters. The van der Waals surface area contributed by atoms with E-state index in [4.69, 9.17) is 9.47 Å². The van der Waals surface area contributed by atoms with Crippen LogP contribution in [0.1, 0.15) is 33.6 Å². The molecule has 0 saturated carbocycles. The lowest BCUT2D eigenvalue weighted by Gasteiger charge is -2.27. The second-order valence-corrected chi connectivity index (χ2v) is 6.20. The Bertz CT molecular complexity index is 550. The Morgan fingerprint density at radius 2 is 1.95 bits per heavy atom. The first-order chi connectivity index (χ1) is 10.3. The molecule has 1 aliphatic heterocycles. The molecule has 0 aromatic heterocycles. The number of amides is 2. The molecule has 0 radical (unpaired) electrons. The third-order valence-electron chi connectivity index (χ3n) is 3.17. The summed E-state index contributed by atoms with van der Waals surface area (Å²) in [6.07, 6.45) is 0.165. The molecule has 0 aliphatic carbocycles. The van der Waals surface area contributed by atoms with Gasteiger partial charge in [-0.2, -0.15) is 0 Å². The highest BCUT2D eigenvalue weighted by Crippen LogP contribution is 2.23. The Morgan fingerprint density at radius 1 is 1.32 bits per heavy atom. The minimum absolute atomic E-state index is 0.163. The Labute approximate surface area is 129 Å². The van der Waals surface area contributed by atoms with Crippen LogP contribution in [0.2, 0.25) is 0 Å². The van der Waals surface area contributed by atoms with Gasteiger partial charge in [0.15, 0.2) is 0 Å². The summed E-state index contributed by atoms with van der Waals surface area (Å²) in [5.74, 6) is -0.120. The molecule has 1 unspecified atom stereocenters. The fourth-order valence-electron chi connectivity index (χ4n) is 2.19. The third-order valence-corrected chi connectivity index (χ3v) is 3.17. The van der Waals surface area contributed by atoms with Gasteiger partial charge in [0.05, 0.1) is 6.04 Å². The third kappa shape index (κ3) is 4.19. The number of benzene rings is 1. The molecule has 0 spiro atoms. The fraction of sp³-hybridized carbons (Fsp3) is 0.500. The predicted octanol–water partition coefficient (Wildman–Crippen LogP) is 3.13. The molecule has 1 aliphatic rings. The first kappa shape index (κ1) is 16.3. The van der Waals surface area contributed by atoms with Crippen LogP contribution in [0.25, 0.3) is 0 Å². The molecule has 22 heavy (non-hydrogen) atoms. The average Bonchev–Trinajstić information content (AvgIpc) is 2.77. The van der Waals surface area contributed by atoms with Gasteiger partial charge in [-0.3, -0.25) is 4.79 Å². The van der Waals surface area contributed by atoms with Gasteiger partial charge < -0.3 is 9.47 Å². The van der Waals surface area contributed by atoms with Crippen LogP contribution >= 0.6 is 0 Å². The first-order valence-electron chi connectivity index (χ1n) is 7.20. The zero-order valence-corrected chi connectivity index (χ0v) is 13.0. The van der Waals surface area contributed by atoms with E-state index in [1.165, 1.54) is 24.3 Å². The maximum Gasteiger partial charge on any atom is 0.417 e. The van der Waals surface area contributed by atoms with Crippen LogP contribution in [0.5, 0.6) is 5.75 Å². The fourth-order valence-corrected chi connectivity index (χ4v) is 2.19. The number of nitrogens with zero attached hydrogens (tertiary/aromatic N) is 1. The zero-order chi connectivity index (χ0) is 16.3. The largest absolute Gasteiger partial charge is 0.491 e. The van der Waals surface area contributed by atoms with Crippen molar-refractivity contribution in [3.63, 3.8) is 0 Å². The van der Waals surface area contributed by atoms with Gasteiger partial charge in [0.2, 0.25) is 5.91 Å². The van der Waals surface area contributed by atoms with Crippen molar-refractivity contribution >= 4 is 12.0 Å². The number of carbonyl (C=O) groups is 2. The van der Waals surface area contributed by atoms with Gasteiger partial charge in [-0.25, -0.2) is 14.1 Å². The quantitative estimate of drug-likeness (QED) is 0.861. The number of ether oxygens (including phenoxy) is 2. The van der Waals surface area contributed by atoms with Crippen molar-refractivity contribution in [3.05, 3.63) is 30.1 Å². The molecule has 5 nitrogen and oxygen atoms in total. The lowest BCUT2D eigenvalue weighted by Crippen LogP contribution is -2.44. The number of carbonyl (C=O) groups excluding carboxylic acids is 2. The van der Waals surface area contributed by atoms with E-state index in [0.29, 0.717) is 12.2 Å². The molecule has 1 aromatic carbocycles. The number of hydrogen-bond acceptors (Lipinski definition) is 4. The van der Waals surface area contributed by atoms with Crippen molar-refractivity contribution in [1.82, 2.24) is 4.90 Å². The molecule has 0 N–H and O–H groups in total. The summed E-state index contributed by atoms with van der Waals surface area (Å²) in [6.45, 7) is 5.40. The van der Waals surface area contributed by atoms with E-state index in [2.05, 4.69) is 0 Å². The van der Waals surface area contributed by atoms with E-state index in [1.54, 1.807) is 20.8 Å². The SMILES string of the molecule is CC(C)(C)OC(=O)N1C(=O)CCC1COc1ccc(F)cc1. The molecule has 1 heterocycles. The van der Waals surface area contributed by atoms with Gasteiger partial charge >= 0.3 is 6.09 Å². The van der Waals surface area contributed by atoms with Crippen LogP contribution < -0.4 is 4.74 Å². The van der Waals surface area contributed by atoms with Gasteiger partial charge in [-0.05, 0) is 51.5 Å². The van der Waals surface area contributed by atoms with Gasteiger partial charge in [-0.15, -0.1) is 0 Å². The Balaban J connectivity index is 1.98. The van der Waals surface area contributed by atoms with Gasteiger partial charge in [-0.1, -0.05) is 0 Å². The predicted molar refractivity (Wildman–Crippen MR) is 78.0 cm³/mol. The van der Waals surface area contributed by atoms with Crippen LogP contribution in [0.15, 0.2) is 24.3 Å². The smallest absolute Gasteiger partial charge is 0.417 e. The molecular weight excluding hydrogens is 289 g/mol. The Morgan fingerprint density at radius 3 is 2.55 bits per heavy atom. The maximum atomic E-state index is 12.8. The minimum Gasteiger partial charge on any atom is -0.491 e. The van der Waals surface area contributed by atoms with Crippen LogP contribution in [-0.2, 0) is 9.53 Å². The molecule has 2 amide bonds. The second-order valence-electron chi connectivity index (χ2n) is 6.20. The summed E-state index contributed by atoms with van der Waals surface area (Å²) >= 11 is 0. The van der Waals surface area contributed by atoms with E-state index in [9.17, 15) is 14.0 Å². The number of hydrogen-bond donors (Lipinski definition) is 0. The standard InChI is InChI=1S/C16H20FNO4/c1-16(2,3)22-15(20)18-12(6-9-14(18)19)10-21-13-7-4-11(17)5-8-13/h4-5,7-8,12H,6,9-10H2,1-3H3. The van der Waals surface area contributed by atoms with E-state index in [1.807, 2.05) is 0 Å². The highest BCUT2D eigenvalue weighted by molar-refractivity contribution is 5.94. The molecule has 6 heteroatoms. The van der Waals surface area contributed by atoms with Crippen molar-refractivity contribution in [1.29, 1.82) is 0 Å². The van der Waals surface area contributed by atoms with E-state index >= 15 is 0 Å². The summed E-state index contributed by atoms with van der Waals surface area (Å²) in [5.41, 5.74) is -0.664. The summed E-state index contributed by atoms with van der Waals surface area (Å²) in [4.78, 5) is 25.1. The molecule has 1 fully saturated rings. The van der Waals surface area contributed by atoms with Crippen LogP contribution in [0.3, 0.4) is 0 Å². The number of rotatable bonds is 3. The van der Waals surface area contributed by atoms with E-state index in [-0.39, 0.29) is 30.8 Å². The topological polar surface area (TPSA) is 55.8 Å². The summed E-state index contributed by atoms with van der Waals surface area (Å²) in [5, 5.41) is 0. The summed E-state index contributed by atoms with van der Waals surface area (Å²) < 4.78 is 23.6. The van der Waals surface area contributed by atoms with Crippen molar-refractivity contribution in [2.45, 2.75) is 45.3 Å². The number of halogens is 1. The molecule has 1 aromatic rings. The lowest BCUT2D eigenvalue weighted by molar-refractivity contribution is -0.128. The maximum absolute atomic E-state index is 12.8. The minimum atomic E-state index is -0.664. The number of likely N-dealkylation sites (tertiary alicyclic amines) is 1. The molecule has 120 valence electrons.